The third kappa shape index (κ3) is 1.40. The van der Waals surface area contributed by atoms with Gasteiger partial charge in [0.2, 0.25) is 0 Å². The van der Waals surface area contributed by atoms with Crippen LogP contribution in [0.5, 0.6) is 0 Å². The number of nitrogens with zero attached hydrogens (tertiary/aromatic N) is 2. The number of esters is 1. The summed E-state index contributed by atoms with van der Waals surface area (Å²) in [6.07, 6.45) is 2.65. The molecule has 0 bridgehead atoms. The van der Waals surface area contributed by atoms with Crippen molar-refractivity contribution in [2.24, 2.45) is 0 Å². The van der Waals surface area contributed by atoms with E-state index in [-0.39, 0.29) is 18.1 Å². The van der Waals surface area contributed by atoms with Gasteiger partial charge in [-0.2, -0.15) is 5.26 Å². The SMILES string of the molecule is N#CC1CCCN1C1CCOC1=O. The van der Waals surface area contributed by atoms with Gasteiger partial charge in [0.1, 0.15) is 6.04 Å². The van der Waals surface area contributed by atoms with E-state index < -0.39 is 0 Å². The van der Waals surface area contributed by atoms with Crippen molar-refractivity contribution in [3.8, 4) is 6.07 Å². The third-order valence-corrected chi connectivity index (χ3v) is 2.75. The minimum atomic E-state index is -0.151. The molecule has 0 N–H and O–H groups in total. The number of hydrogen-bond acceptors (Lipinski definition) is 4. The molecular formula is C9H12N2O2. The minimum Gasteiger partial charge on any atom is -0.464 e. The van der Waals surface area contributed by atoms with Crippen LogP contribution in [0.4, 0.5) is 0 Å². The average molecular weight is 180 g/mol. The van der Waals surface area contributed by atoms with Crippen molar-refractivity contribution in [2.45, 2.75) is 31.3 Å². The van der Waals surface area contributed by atoms with Crippen LogP contribution in [-0.2, 0) is 9.53 Å². The van der Waals surface area contributed by atoms with Crippen LogP contribution in [0, 0.1) is 11.3 Å². The first-order chi connectivity index (χ1) is 6.33. The molecule has 2 atom stereocenters. The largest absolute Gasteiger partial charge is 0.464 e. The van der Waals surface area contributed by atoms with Crippen molar-refractivity contribution in [3.05, 3.63) is 0 Å². The first kappa shape index (κ1) is 8.52. The number of likely N-dealkylation sites (tertiary alicyclic amines) is 1. The first-order valence-corrected chi connectivity index (χ1v) is 4.65. The van der Waals surface area contributed by atoms with Crippen LogP contribution in [-0.4, -0.2) is 36.1 Å². The monoisotopic (exact) mass is 180 g/mol. The lowest BCUT2D eigenvalue weighted by Gasteiger charge is -2.22. The van der Waals surface area contributed by atoms with Crippen LogP contribution in [0.3, 0.4) is 0 Å². The van der Waals surface area contributed by atoms with E-state index in [1.54, 1.807) is 0 Å². The molecule has 0 spiro atoms. The van der Waals surface area contributed by atoms with Crippen LogP contribution in [0.2, 0.25) is 0 Å². The van der Waals surface area contributed by atoms with Crippen LogP contribution < -0.4 is 0 Å². The summed E-state index contributed by atoms with van der Waals surface area (Å²) in [6, 6.07) is 2.01. The fraction of sp³-hybridized carbons (Fsp3) is 0.778. The molecule has 2 aliphatic rings. The van der Waals surface area contributed by atoms with Gasteiger partial charge in [-0.1, -0.05) is 0 Å². The van der Waals surface area contributed by atoms with E-state index in [2.05, 4.69) is 6.07 Å². The quantitative estimate of drug-likeness (QED) is 0.544. The van der Waals surface area contributed by atoms with Crippen LogP contribution >= 0.6 is 0 Å². The van der Waals surface area contributed by atoms with E-state index in [1.807, 2.05) is 4.90 Å². The number of nitriles is 1. The highest BCUT2D eigenvalue weighted by Crippen LogP contribution is 2.24. The minimum absolute atomic E-state index is 0.0735. The zero-order valence-electron chi connectivity index (χ0n) is 7.40. The second kappa shape index (κ2) is 3.35. The molecule has 70 valence electrons. The Morgan fingerprint density at radius 1 is 1.54 bits per heavy atom. The van der Waals surface area contributed by atoms with E-state index in [0.717, 1.165) is 25.8 Å². The lowest BCUT2D eigenvalue weighted by atomic mass is 10.2. The zero-order valence-corrected chi connectivity index (χ0v) is 7.40. The first-order valence-electron chi connectivity index (χ1n) is 4.65. The Bertz CT molecular complexity index is 259. The molecule has 13 heavy (non-hydrogen) atoms. The second-order valence-electron chi connectivity index (χ2n) is 3.50. The lowest BCUT2D eigenvalue weighted by Crippen LogP contribution is -2.41. The number of cyclic esters (lactones) is 1. The fourth-order valence-electron chi connectivity index (χ4n) is 2.09. The van der Waals surface area contributed by atoms with Crippen LogP contribution in [0.15, 0.2) is 0 Å². The summed E-state index contributed by atoms with van der Waals surface area (Å²) in [5, 5.41) is 8.84. The Balaban J connectivity index is 2.07. The molecule has 0 aromatic carbocycles. The number of hydrogen-bond donors (Lipinski definition) is 0. The van der Waals surface area contributed by atoms with Gasteiger partial charge in [-0.15, -0.1) is 0 Å². The smallest absolute Gasteiger partial charge is 0.323 e. The third-order valence-electron chi connectivity index (χ3n) is 2.75. The highest BCUT2D eigenvalue weighted by atomic mass is 16.5. The molecule has 4 nitrogen and oxygen atoms in total. The fourth-order valence-corrected chi connectivity index (χ4v) is 2.09. The Kier molecular flexibility index (Phi) is 2.19. The summed E-state index contributed by atoms with van der Waals surface area (Å²) < 4.78 is 4.88. The van der Waals surface area contributed by atoms with Gasteiger partial charge in [0.05, 0.1) is 18.7 Å². The molecule has 2 rings (SSSR count). The van der Waals surface area contributed by atoms with Crippen molar-refractivity contribution in [2.75, 3.05) is 13.2 Å². The Hall–Kier alpha value is -1.08. The van der Waals surface area contributed by atoms with Gasteiger partial charge in [0, 0.05) is 13.0 Å². The molecule has 2 saturated heterocycles. The summed E-state index contributed by atoms with van der Waals surface area (Å²) >= 11 is 0. The summed E-state index contributed by atoms with van der Waals surface area (Å²) in [5.41, 5.74) is 0. The molecular weight excluding hydrogens is 168 g/mol. The number of ether oxygens (including phenoxy) is 1. The van der Waals surface area contributed by atoms with Gasteiger partial charge in [0.15, 0.2) is 0 Å². The Labute approximate surface area is 77.1 Å². The van der Waals surface area contributed by atoms with Crippen molar-refractivity contribution in [3.63, 3.8) is 0 Å². The lowest BCUT2D eigenvalue weighted by molar-refractivity contribution is -0.142. The van der Waals surface area contributed by atoms with Crippen LogP contribution in [0.1, 0.15) is 19.3 Å². The Morgan fingerprint density at radius 3 is 3.00 bits per heavy atom. The summed E-state index contributed by atoms with van der Waals surface area (Å²) in [7, 11) is 0. The molecule has 2 unspecified atom stereocenters. The molecule has 0 saturated carbocycles. The number of rotatable bonds is 1. The highest BCUT2D eigenvalue weighted by Gasteiger charge is 2.38. The van der Waals surface area contributed by atoms with E-state index in [1.165, 1.54) is 0 Å². The second-order valence-corrected chi connectivity index (χ2v) is 3.50. The maximum Gasteiger partial charge on any atom is 0.323 e. The standard InChI is InChI=1S/C9H12N2O2/c10-6-7-2-1-4-11(7)8-3-5-13-9(8)12/h7-8H,1-5H2. The van der Waals surface area contributed by atoms with Gasteiger partial charge in [-0.3, -0.25) is 9.69 Å². The molecule has 2 fully saturated rings. The summed E-state index contributed by atoms with van der Waals surface area (Å²) in [5.74, 6) is -0.151. The van der Waals surface area contributed by atoms with Crippen molar-refractivity contribution in [1.82, 2.24) is 4.90 Å². The maximum absolute atomic E-state index is 11.2. The predicted molar refractivity (Wildman–Crippen MR) is 44.7 cm³/mol. The predicted octanol–water partition coefficient (Wildman–Crippen LogP) is 0.290. The van der Waals surface area contributed by atoms with Crippen molar-refractivity contribution in [1.29, 1.82) is 5.26 Å². The van der Waals surface area contributed by atoms with Gasteiger partial charge < -0.3 is 4.74 Å². The molecule has 2 aliphatic heterocycles. The van der Waals surface area contributed by atoms with Crippen LogP contribution in [0.25, 0.3) is 0 Å². The Morgan fingerprint density at radius 2 is 2.38 bits per heavy atom. The number of carbonyl (C=O) groups is 1. The normalized spacial score (nSPS) is 34.5. The topological polar surface area (TPSA) is 53.3 Å². The maximum atomic E-state index is 11.2. The van der Waals surface area contributed by atoms with E-state index in [9.17, 15) is 4.79 Å². The molecule has 2 heterocycles. The molecule has 0 amide bonds. The number of carbonyl (C=O) groups excluding carboxylic acids is 1. The zero-order chi connectivity index (χ0) is 9.26. The van der Waals surface area contributed by atoms with Crippen molar-refractivity contribution >= 4 is 5.97 Å². The van der Waals surface area contributed by atoms with Gasteiger partial charge >= 0.3 is 5.97 Å². The van der Waals surface area contributed by atoms with Gasteiger partial charge in [0.25, 0.3) is 0 Å². The van der Waals surface area contributed by atoms with E-state index in [4.69, 9.17) is 10.00 Å². The average Bonchev–Trinajstić information content (AvgIpc) is 2.71. The summed E-state index contributed by atoms with van der Waals surface area (Å²) in [4.78, 5) is 13.2. The van der Waals surface area contributed by atoms with E-state index in [0.29, 0.717) is 6.61 Å². The molecule has 0 aliphatic carbocycles. The van der Waals surface area contributed by atoms with Crippen molar-refractivity contribution < 1.29 is 9.53 Å². The van der Waals surface area contributed by atoms with E-state index >= 15 is 0 Å². The van der Waals surface area contributed by atoms with Gasteiger partial charge in [-0.05, 0) is 12.8 Å². The molecule has 0 radical (unpaired) electrons. The van der Waals surface area contributed by atoms with Gasteiger partial charge in [-0.25, -0.2) is 0 Å². The summed E-state index contributed by atoms with van der Waals surface area (Å²) in [6.45, 7) is 1.37. The molecule has 4 heteroatoms. The highest BCUT2D eigenvalue weighted by molar-refractivity contribution is 5.77. The molecule has 0 aromatic rings. The molecule has 0 aromatic heterocycles.